The molecule has 0 atom stereocenters. The standard InChI is InChI=1S/C37H37N3O3/c1-43-34-19-11-8-16-30(34)25-39(23-22-29-24-38-33-18-10-9-17-32(29)33)35(41)26-40(31-20-21-31)37(42)36(27-12-4-2-5-13-27)28-14-6-3-7-15-28/h2-19,24,31,36,38H,20-23,25-26H2,1H3. The van der Waals surface area contributed by atoms with Crippen LogP contribution >= 0.6 is 0 Å². The number of benzene rings is 4. The minimum atomic E-state index is -0.468. The molecule has 1 aliphatic rings. The molecule has 0 spiro atoms. The predicted octanol–water partition coefficient (Wildman–Crippen LogP) is 6.57. The number of carbonyl (C=O) groups is 2. The molecule has 1 N–H and O–H groups in total. The van der Waals surface area contributed by atoms with Crippen LogP contribution < -0.4 is 4.74 Å². The second-order valence-corrected chi connectivity index (χ2v) is 11.2. The average molecular weight is 572 g/mol. The molecule has 1 aromatic heterocycles. The minimum Gasteiger partial charge on any atom is -0.496 e. The number of ether oxygens (including phenoxy) is 1. The van der Waals surface area contributed by atoms with E-state index >= 15 is 0 Å². The summed E-state index contributed by atoms with van der Waals surface area (Å²) in [5, 5.41) is 1.16. The predicted molar refractivity (Wildman–Crippen MR) is 170 cm³/mol. The molecular formula is C37H37N3O3. The van der Waals surface area contributed by atoms with E-state index in [1.165, 1.54) is 0 Å². The molecule has 1 fully saturated rings. The summed E-state index contributed by atoms with van der Waals surface area (Å²) in [5.74, 6) is 0.188. The Labute approximate surface area is 252 Å². The summed E-state index contributed by atoms with van der Waals surface area (Å²) < 4.78 is 5.62. The summed E-state index contributed by atoms with van der Waals surface area (Å²) in [6.45, 7) is 0.966. The van der Waals surface area contributed by atoms with Crippen LogP contribution in [0.4, 0.5) is 0 Å². The molecule has 5 aromatic rings. The van der Waals surface area contributed by atoms with E-state index in [-0.39, 0.29) is 24.4 Å². The number of nitrogens with one attached hydrogen (secondary N) is 1. The van der Waals surface area contributed by atoms with Gasteiger partial charge in [-0.3, -0.25) is 9.59 Å². The van der Waals surface area contributed by atoms with Crippen molar-refractivity contribution in [2.75, 3.05) is 20.2 Å². The number of fused-ring (bicyclic) bond motifs is 1. The number of amides is 2. The molecule has 0 aliphatic heterocycles. The number of hydrogen-bond donors (Lipinski definition) is 1. The second kappa shape index (κ2) is 13.0. The van der Waals surface area contributed by atoms with Crippen molar-refractivity contribution in [3.05, 3.63) is 138 Å². The summed E-state index contributed by atoms with van der Waals surface area (Å²) in [5.41, 5.74) is 5.05. The fraction of sp³-hybridized carbons (Fsp3) is 0.243. The van der Waals surface area contributed by atoms with Gasteiger partial charge in [0.25, 0.3) is 0 Å². The minimum absolute atomic E-state index is 0.0258. The van der Waals surface area contributed by atoms with Crippen LogP contribution in [-0.4, -0.2) is 52.8 Å². The third-order valence-corrected chi connectivity index (χ3v) is 8.32. The molecule has 1 aliphatic carbocycles. The number of nitrogens with zero attached hydrogens (tertiary/aromatic N) is 2. The quantitative estimate of drug-likeness (QED) is 0.184. The van der Waals surface area contributed by atoms with E-state index < -0.39 is 5.92 Å². The number of aromatic nitrogens is 1. The van der Waals surface area contributed by atoms with Gasteiger partial charge in [0, 0.05) is 41.8 Å². The van der Waals surface area contributed by atoms with Crippen molar-refractivity contribution in [2.45, 2.75) is 37.8 Å². The number of carbonyl (C=O) groups excluding carboxylic acids is 2. The van der Waals surface area contributed by atoms with Crippen LogP contribution in [0, 0.1) is 0 Å². The first-order valence-corrected chi connectivity index (χ1v) is 15.0. The summed E-state index contributed by atoms with van der Waals surface area (Å²) >= 11 is 0. The number of rotatable bonds is 12. The van der Waals surface area contributed by atoms with Gasteiger partial charge in [-0.1, -0.05) is 97.1 Å². The third-order valence-electron chi connectivity index (χ3n) is 8.32. The SMILES string of the molecule is COc1ccccc1CN(CCc1c[nH]c2ccccc12)C(=O)CN(C(=O)C(c1ccccc1)c1ccccc1)C1CC1. The lowest BCUT2D eigenvalue weighted by atomic mass is 9.90. The number of hydrogen-bond acceptors (Lipinski definition) is 3. The van der Waals surface area contributed by atoms with Gasteiger partial charge < -0.3 is 19.5 Å². The molecule has 6 heteroatoms. The van der Waals surface area contributed by atoms with Crippen molar-refractivity contribution in [1.82, 2.24) is 14.8 Å². The number of methoxy groups -OCH3 is 1. The first-order chi connectivity index (χ1) is 21.1. The van der Waals surface area contributed by atoms with E-state index in [9.17, 15) is 9.59 Å². The molecule has 43 heavy (non-hydrogen) atoms. The topological polar surface area (TPSA) is 65.6 Å². The van der Waals surface area contributed by atoms with Crippen molar-refractivity contribution in [1.29, 1.82) is 0 Å². The lowest BCUT2D eigenvalue weighted by Crippen LogP contribution is -2.46. The molecule has 2 amide bonds. The van der Waals surface area contributed by atoms with Crippen LogP contribution in [0.3, 0.4) is 0 Å². The highest BCUT2D eigenvalue weighted by Crippen LogP contribution is 2.34. The van der Waals surface area contributed by atoms with Gasteiger partial charge in [0.1, 0.15) is 12.3 Å². The summed E-state index contributed by atoms with van der Waals surface area (Å²) in [6, 6.07) is 35.9. The highest BCUT2D eigenvalue weighted by molar-refractivity contribution is 5.91. The molecule has 0 unspecified atom stereocenters. The third kappa shape index (κ3) is 6.49. The van der Waals surface area contributed by atoms with Crippen LogP contribution in [0.2, 0.25) is 0 Å². The van der Waals surface area contributed by atoms with Gasteiger partial charge in [0.15, 0.2) is 0 Å². The monoisotopic (exact) mass is 571 g/mol. The van der Waals surface area contributed by atoms with Crippen molar-refractivity contribution >= 4 is 22.7 Å². The summed E-state index contributed by atoms with van der Waals surface area (Å²) in [6.07, 6.45) is 4.55. The van der Waals surface area contributed by atoms with Gasteiger partial charge >= 0.3 is 0 Å². The summed E-state index contributed by atoms with van der Waals surface area (Å²) in [7, 11) is 1.65. The highest BCUT2D eigenvalue weighted by atomic mass is 16.5. The van der Waals surface area contributed by atoms with Crippen molar-refractivity contribution < 1.29 is 14.3 Å². The Balaban J connectivity index is 1.27. The number of aromatic amines is 1. The van der Waals surface area contributed by atoms with Crippen LogP contribution in [-0.2, 0) is 22.6 Å². The highest BCUT2D eigenvalue weighted by Gasteiger charge is 2.38. The Morgan fingerprint density at radius 2 is 1.44 bits per heavy atom. The maximum Gasteiger partial charge on any atom is 0.242 e. The van der Waals surface area contributed by atoms with Crippen LogP contribution in [0.25, 0.3) is 10.9 Å². The Kier molecular flexibility index (Phi) is 8.55. The van der Waals surface area contributed by atoms with E-state index in [4.69, 9.17) is 4.74 Å². The molecule has 4 aromatic carbocycles. The zero-order chi connectivity index (χ0) is 29.6. The lowest BCUT2D eigenvalue weighted by molar-refractivity contribution is -0.141. The number of H-pyrrole nitrogens is 1. The lowest BCUT2D eigenvalue weighted by Gasteiger charge is -2.31. The molecular weight excluding hydrogens is 534 g/mol. The van der Waals surface area contributed by atoms with E-state index in [2.05, 4.69) is 17.1 Å². The van der Waals surface area contributed by atoms with Gasteiger partial charge in [-0.2, -0.15) is 0 Å². The molecule has 0 radical (unpaired) electrons. The zero-order valence-electron chi connectivity index (χ0n) is 24.5. The van der Waals surface area contributed by atoms with Crippen molar-refractivity contribution in [3.8, 4) is 5.75 Å². The molecule has 218 valence electrons. The fourth-order valence-electron chi connectivity index (χ4n) is 5.88. The first-order valence-electron chi connectivity index (χ1n) is 15.0. The Bertz CT molecular complexity index is 1640. The van der Waals surface area contributed by atoms with E-state index in [1.54, 1.807) is 7.11 Å². The van der Waals surface area contributed by atoms with Gasteiger partial charge in [-0.05, 0) is 48.1 Å². The average Bonchev–Trinajstić information content (AvgIpc) is 3.82. The zero-order valence-corrected chi connectivity index (χ0v) is 24.5. The first kappa shape index (κ1) is 28.3. The summed E-state index contributed by atoms with van der Waals surface area (Å²) in [4.78, 5) is 35.6. The smallest absolute Gasteiger partial charge is 0.242 e. The van der Waals surface area contributed by atoms with E-state index in [0.717, 1.165) is 51.7 Å². The Morgan fingerprint density at radius 1 is 0.814 bits per heavy atom. The maximum atomic E-state index is 14.4. The molecule has 6 nitrogen and oxygen atoms in total. The van der Waals surface area contributed by atoms with Crippen LogP contribution in [0.5, 0.6) is 5.75 Å². The normalized spacial score (nSPS) is 12.8. The largest absolute Gasteiger partial charge is 0.496 e. The Hall–Kier alpha value is -4.84. The molecule has 1 heterocycles. The molecule has 1 saturated carbocycles. The van der Waals surface area contributed by atoms with E-state index in [1.807, 2.05) is 113 Å². The van der Waals surface area contributed by atoms with Gasteiger partial charge in [-0.25, -0.2) is 0 Å². The maximum absolute atomic E-state index is 14.4. The van der Waals surface area contributed by atoms with Crippen LogP contribution in [0.15, 0.2) is 115 Å². The Morgan fingerprint density at radius 3 is 2.12 bits per heavy atom. The second-order valence-electron chi connectivity index (χ2n) is 11.2. The molecule has 0 saturated heterocycles. The molecule has 6 rings (SSSR count). The van der Waals surface area contributed by atoms with Gasteiger partial charge in [0.2, 0.25) is 11.8 Å². The molecule has 0 bridgehead atoms. The van der Waals surface area contributed by atoms with Crippen molar-refractivity contribution in [2.24, 2.45) is 0 Å². The van der Waals surface area contributed by atoms with Crippen LogP contribution in [0.1, 0.15) is 41.0 Å². The number of para-hydroxylation sites is 2. The van der Waals surface area contributed by atoms with E-state index in [0.29, 0.717) is 19.5 Å². The van der Waals surface area contributed by atoms with Gasteiger partial charge in [-0.15, -0.1) is 0 Å². The fourth-order valence-corrected chi connectivity index (χ4v) is 5.88. The van der Waals surface area contributed by atoms with Crippen molar-refractivity contribution in [3.63, 3.8) is 0 Å². The van der Waals surface area contributed by atoms with Gasteiger partial charge in [0.05, 0.1) is 13.0 Å².